The second kappa shape index (κ2) is 5.21. The molecule has 0 saturated heterocycles. The third kappa shape index (κ3) is 3.84. The molecule has 0 aliphatic heterocycles. The molecule has 1 aromatic heterocycles. The summed E-state index contributed by atoms with van der Waals surface area (Å²) in [4.78, 5) is 8.72. The van der Waals surface area contributed by atoms with Gasteiger partial charge in [0.1, 0.15) is 16.8 Å². The highest BCUT2D eigenvalue weighted by Gasteiger charge is 2.23. The summed E-state index contributed by atoms with van der Waals surface area (Å²) in [5, 5.41) is 3.93. The number of hydrogen-bond donors (Lipinski definition) is 1. The Bertz CT molecular complexity index is 388. The zero-order valence-electron chi connectivity index (χ0n) is 10.7. The summed E-state index contributed by atoms with van der Waals surface area (Å²) in [5.74, 6) is 2.87. The summed E-state index contributed by atoms with van der Waals surface area (Å²) in [7, 11) is 0. The van der Waals surface area contributed by atoms with Gasteiger partial charge >= 0.3 is 0 Å². The van der Waals surface area contributed by atoms with Crippen molar-refractivity contribution in [3.8, 4) is 0 Å². The van der Waals surface area contributed by atoms with Crippen molar-refractivity contribution < 1.29 is 0 Å². The van der Waals surface area contributed by atoms with Gasteiger partial charge in [-0.25, -0.2) is 9.97 Å². The molecule has 2 rings (SSSR count). The van der Waals surface area contributed by atoms with Crippen LogP contribution in [0.1, 0.15) is 51.8 Å². The third-order valence-electron chi connectivity index (χ3n) is 3.01. The topological polar surface area (TPSA) is 37.8 Å². The van der Waals surface area contributed by atoms with Crippen LogP contribution in [0.25, 0.3) is 0 Å². The molecule has 1 saturated carbocycles. The molecule has 1 heterocycles. The Morgan fingerprint density at radius 3 is 2.65 bits per heavy atom. The van der Waals surface area contributed by atoms with Gasteiger partial charge in [-0.3, -0.25) is 0 Å². The summed E-state index contributed by atoms with van der Waals surface area (Å²) in [6, 6.07) is 2.25. The highest BCUT2D eigenvalue weighted by Crippen LogP contribution is 2.34. The first-order chi connectivity index (χ1) is 8.04. The van der Waals surface area contributed by atoms with E-state index >= 15 is 0 Å². The minimum Gasteiger partial charge on any atom is -0.367 e. The summed E-state index contributed by atoms with van der Waals surface area (Å²) >= 11 is 6.00. The van der Waals surface area contributed by atoms with E-state index in [4.69, 9.17) is 11.6 Å². The van der Waals surface area contributed by atoms with Crippen molar-refractivity contribution >= 4 is 17.4 Å². The zero-order valence-corrected chi connectivity index (χ0v) is 11.5. The standard InChI is InChI=1S/C13H20ClN3/c1-8(2)13-16-11(14)7-12(17-13)15-9(3)6-10-4-5-10/h7-10H,4-6H2,1-3H3,(H,15,16,17). The van der Waals surface area contributed by atoms with Crippen LogP contribution in [0.3, 0.4) is 0 Å². The van der Waals surface area contributed by atoms with Crippen molar-refractivity contribution in [1.29, 1.82) is 0 Å². The first-order valence-corrected chi connectivity index (χ1v) is 6.73. The van der Waals surface area contributed by atoms with Gasteiger partial charge in [-0.2, -0.15) is 0 Å². The van der Waals surface area contributed by atoms with Crippen LogP contribution in [-0.4, -0.2) is 16.0 Å². The fourth-order valence-corrected chi connectivity index (χ4v) is 2.12. The minimum atomic E-state index is 0.299. The Morgan fingerprint density at radius 2 is 2.06 bits per heavy atom. The molecule has 0 radical (unpaired) electrons. The second-order valence-corrected chi connectivity index (χ2v) is 5.70. The lowest BCUT2D eigenvalue weighted by Crippen LogP contribution is -2.17. The normalized spacial score (nSPS) is 17.2. The van der Waals surface area contributed by atoms with Gasteiger partial charge in [0.25, 0.3) is 0 Å². The molecule has 1 fully saturated rings. The molecule has 0 spiro atoms. The van der Waals surface area contributed by atoms with Gasteiger partial charge in [0.15, 0.2) is 0 Å². The molecule has 1 atom stereocenters. The molecule has 0 bridgehead atoms. The highest BCUT2D eigenvalue weighted by molar-refractivity contribution is 6.29. The van der Waals surface area contributed by atoms with Crippen molar-refractivity contribution in [2.45, 2.75) is 52.0 Å². The van der Waals surface area contributed by atoms with Crippen LogP contribution < -0.4 is 5.32 Å². The predicted molar refractivity (Wildman–Crippen MR) is 71.6 cm³/mol. The molecule has 94 valence electrons. The summed E-state index contributed by atoms with van der Waals surface area (Å²) < 4.78 is 0. The monoisotopic (exact) mass is 253 g/mol. The average molecular weight is 254 g/mol. The third-order valence-corrected chi connectivity index (χ3v) is 3.20. The van der Waals surface area contributed by atoms with Gasteiger partial charge in [-0.15, -0.1) is 0 Å². The molecule has 3 nitrogen and oxygen atoms in total. The molecule has 1 unspecified atom stereocenters. The highest BCUT2D eigenvalue weighted by atomic mass is 35.5. The number of nitrogens with zero attached hydrogens (tertiary/aromatic N) is 2. The van der Waals surface area contributed by atoms with Crippen LogP contribution in [0.15, 0.2) is 6.07 Å². The van der Waals surface area contributed by atoms with Gasteiger partial charge in [0.2, 0.25) is 0 Å². The Labute approximate surface area is 108 Å². The molecule has 1 aromatic rings. The Hall–Kier alpha value is -0.830. The van der Waals surface area contributed by atoms with Crippen molar-refractivity contribution in [2.24, 2.45) is 5.92 Å². The number of rotatable bonds is 5. The quantitative estimate of drug-likeness (QED) is 0.810. The van der Waals surface area contributed by atoms with E-state index in [1.807, 2.05) is 0 Å². The molecule has 1 aliphatic rings. The van der Waals surface area contributed by atoms with Crippen molar-refractivity contribution in [3.05, 3.63) is 17.0 Å². The van der Waals surface area contributed by atoms with Crippen LogP contribution >= 0.6 is 11.6 Å². The molecule has 0 aromatic carbocycles. The molecule has 1 aliphatic carbocycles. The zero-order chi connectivity index (χ0) is 12.4. The van der Waals surface area contributed by atoms with E-state index in [1.54, 1.807) is 6.07 Å². The van der Waals surface area contributed by atoms with Gasteiger partial charge in [0.05, 0.1) is 0 Å². The van der Waals surface area contributed by atoms with Crippen LogP contribution in [-0.2, 0) is 0 Å². The summed E-state index contributed by atoms with van der Waals surface area (Å²) in [5.41, 5.74) is 0. The average Bonchev–Trinajstić information content (AvgIpc) is 3.00. The van der Waals surface area contributed by atoms with E-state index in [0.29, 0.717) is 17.1 Å². The fourth-order valence-electron chi connectivity index (χ4n) is 1.93. The maximum atomic E-state index is 6.00. The number of halogens is 1. The molecular formula is C13H20ClN3. The first-order valence-electron chi connectivity index (χ1n) is 6.35. The van der Waals surface area contributed by atoms with E-state index in [1.165, 1.54) is 19.3 Å². The molecule has 1 N–H and O–H groups in total. The Balaban J connectivity index is 2.03. The Morgan fingerprint density at radius 1 is 1.35 bits per heavy atom. The molecule has 0 amide bonds. The molecule has 4 heteroatoms. The van der Waals surface area contributed by atoms with E-state index in [9.17, 15) is 0 Å². The maximum Gasteiger partial charge on any atom is 0.135 e. The van der Waals surface area contributed by atoms with Crippen LogP contribution in [0.4, 0.5) is 5.82 Å². The van der Waals surface area contributed by atoms with Gasteiger partial charge < -0.3 is 5.32 Å². The maximum absolute atomic E-state index is 6.00. The van der Waals surface area contributed by atoms with Crippen molar-refractivity contribution in [1.82, 2.24) is 9.97 Å². The molecule has 17 heavy (non-hydrogen) atoms. The van der Waals surface area contributed by atoms with Gasteiger partial charge in [-0.1, -0.05) is 38.3 Å². The van der Waals surface area contributed by atoms with Gasteiger partial charge in [0, 0.05) is 18.0 Å². The minimum absolute atomic E-state index is 0.299. The first kappa shape index (κ1) is 12.6. The number of hydrogen-bond acceptors (Lipinski definition) is 3. The molecular weight excluding hydrogens is 234 g/mol. The lowest BCUT2D eigenvalue weighted by Gasteiger charge is -2.15. The number of anilines is 1. The number of aromatic nitrogens is 2. The summed E-state index contributed by atoms with van der Waals surface area (Å²) in [6.07, 6.45) is 3.99. The van der Waals surface area contributed by atoms with Crippen LogP contribution in [0, 0.1) is 5.92 Å². The SMILES string of the molecule is CC(CC1CC1)Nc1cc(Cl)nc(C(C)C)n1. The van der Waals surface area contributed by atoms with Crippen LogP contribution in [0.5, 0.6) is 0 Å². The van der Waals surface area contributed by atoms with Crippen LogP contribution in [0.2, 0.25) is 5.15 Å². The smallest absolute Gasteiger partial charge is 0.135 e. The van der Waals surface area contributed by atoms with Crippen molar-refractivity contribution in [2.75, 3.05) is 5.32 Å². The second-order valence-electron chi connectivity index (χ2n) is 5.31. The lowest BCUT2D eigenvalue weighted by atomic mass is 10.1. The predicted octanol–water partition coefficient (Wildman–Crippen LogP) is 3.85. The largest absolute Gasteiger partial charge is 0.367 e. The van der Waals surface area contributed by atoms with E-state index in [-0.39, 0.29) is 0 Å². The van der Waals surface area contributed by atoms with Crippen molar-refractivity contribution in [3.63, 3.8) is 0 Å². The van der Waals surface area contributed by atoms with E-state index in [2.05, 4.69) is 36.1 Å². The fraction of sp³-hybridized carbons (Fsp3) is 0.692. The lowest BCUT2D eigenvalue weighted by molar-refractivity contribution is 0.638. The summed E-state index contributed by atoms with van der Waals surface area (Å²) in [6.45, 7) is 6.34. The number of nitrogens with one attached hydrogen (secondary N) is 1. The van der Waals surface area contributed by atoms with E-state index in [0.717, 1.165) is 17.6 Å². The Kier molecular flexibility index (Phi) is 3.87. The van der Waals surface area contributed by atoms with Gasteiger partial charge in [-0.05, 0) is 19.3 Å². The van der Waals surface area contributed by atoms with E-state index < -0.39 is 0 Å².